The van der Waals surface area contributed by atoms with Gasteiger partial charge in [0.25, 0.3) is 0 Å². The Morgan fingerprint density at radius 1 is 1.24 bits per heavy atom. The molecular formula is C10H10O7. The number of unbranched alkanes of at least 4 members (excludes halogenated alkanes) is 1. The van der Waals surface area contributed by atoms with Gasteiger partial charge in [0.15, 0.2) is 0 Å². The van der Waals surface area contributed by atoms with E-state index in [-0.39, 0.29) is 12.8 Å². The van der Waals surface area contributed by atoms with E-state index in [0.717, 1.165) is 6.08 Å². The summed E-state index contributed by atoms with van der Waals surface area (Å²) in [5.74, 6) is -3.94. The van der Waals surface area contributed by atoms with Crippen molar-refractivity contribution < 1.29 is 33.8 Å². The number of carbonyl (C=O) groups is 4. The number of esters is 3. The normalized spacial score (nSPS) is 14.2. The number of carbonyl (C=O) groups excluding carboxylic acids is 3. The van der Waals surface area contributed by atoms with Gasteiger partial charge in [0.1, 0.15) is 0 Å². The molecule has 1 aliphatic heterocycles. The molecule has 1 aliphatic rings. The van der Waals surface area contributed by atoms with Crippen molar-refractivity contribution in [2.75, 3.05) is 0 Å². The fourth-order valence-corrected chi connectivity index (χ4v) is 1.13. The molecular weight excluding hydrogens is 232 g/mol. The molecule has 17 heavy (non-hydrogen) atoms. The smallest absolute Gasteiger partial charge is 0.382 e. The van der Waals surface area contributed by atoms with E-state index in [1.54, 1.807) is 0 Å². The Kier molecular flexibility index (Phi) is 4.38. The summed E-state index contributed by atoms with van der Waals surface area (Å²) in [6.07, 6.45) is 1.41. The Labute approximate surface area is 96.0 Å². The standard InChI is InChI=1S/C10H10O7/c11-7(12)3-1-2-4-8(13)16-6-5-9(14)17-10(6)15/h5H,1-4H2,(H,11,12). The molecule has 0 spiro atoms. The van der Waals surface area contributed by atoms with Gasteiger partial charge < -0.3 is 14.6 Å². The van der Waals surface area contributed by atoms with E-state index in [2.05, 4.69) is 9.47 Å². The second-order valence-electron chi connectivity index (χ2n) is 3.29. The zero-order valence-corrected chi connectivity index (χ0v) is 8.80. The summed E-state index contributed by atoms with van der Waals surface area (Å²) in [7, 11) is 0. The first-order valence-electron chi connectivity index (χ1n) is 4.89. The third kappa shape index (κ3) is 4.45. The predicted octanol–water partition coefficient (Wildman–Crippen LogP) is 0.142. The van der Waals surface area contributed by atoms with Gasteiger partial charge in [-0.3, -0.25) is 9.59 Å². The van der Waals surface area contributed by atoms with Crippen LogP contribution in [0.1, 0.15) is 25.7 Å². The van der Waals surface area contributed by atoms with E-state index >= 15 is 0 Å². The Morgan fingerprint density at radius 3 is 2.41 bits per heavy atom. The van der Waals surface area contributed by atoms with Crippen molar-refractivity contribution in [3.63, 3.8) is 0 Å². The van der Waals surface area contributed by atoms with Gasteiger partial charge in [-0.25, -0.2) is 9.59 Å². The maximum Gasteiger partial charge on any atom is 0.382 e. The summed E-state index contributed by atoms with van der Waals surface area (Å²) in [5, 5.41) is 8.35. The molecule has 0 fully saturated rings. The topological polar surface area (TPSA) is 107 Å². The number of cyclic esters (lactones) is 2. The number of aliphatic carboxylic acids is 1. The first kappa shape index (κ1) is 12.9. The number of hydrogen-bond acceptors (Lipinski definition) is 6. The van der Waals surface area contributed by atoms with Crippen LogP contribution in [-0.2, 0) is 28.7 Å². The maximum atomic E-state index is 11.2. The number of hydrogen-bond donors (Lipinski definition) is 1. The van der Waals surface area contributed by atoms with Crippen LogP contribution in [0.15, 0.2) is 11.8 Å². The van der Waals surface area contributed by atoms with Crippen LogP contribution in [0.4, 0.5) is 0 Å². The van der Waals surface area contributed by atoms with E-state index in [0.29, 0.717) is 12.8 Å². The molecule has 1 N–H and O–H groups in total. The van der Waals surface area contributed by atoms with Crippen LogP contribution in [0.3, 0.4) is 0 Å². The molecule has 0 atom stereocenters. The Hall–Kier alpha value is -2.18. The quantitative estimate of drug-likeness (QED) is 0.401. The number of carboxylic acids is 1. The molecule has 0 aromatic rings. The molecule has 0 unspecified atom stereocenters. The van der Waals surface area contributed by atoms with Crippen molar-refractivity contribution in [3.8, 4) is 0 Å². The van der Waals surface area contributed by atoms with E-state index in [1.165, 1.54) is 0 Å². The lowest BCUT2D eigenvalue weighted by Gasteiger charge is -2.01. The summed E-state index contributed by atoms with van der Waals surface area (Å²) in [6.45, 7) is 0. The zero-order chi connectivity index (χ0) is 12.8. The number of ether oxygens (including phenoxy) is 2. The summed E-state index contributed by atoms with van der Waals surface area (Å²) < 4.78 is 8.69. The Morgan fingerprint density at radius 2 is 1.88 bits per heavy atom. The van der Waals surface area contributed by atoms with Gasteiger partial charge in [-0.2, -0.15) is 0 Å². The number of carboxylic acid groups (broad SMARTS) is 1. The van der Waals surface area contributed by atoms with E-state index < -0.39 is 29.6 Å². The summed E-state index contributed by atoms with van der Waals surface area (Å²) in [4.78, 5) is 42.8. The van der Waals surface area contributed by atoms with Crippen LogP contribution >= 0.6 is 0 Å². The fourth-order valence-electron chi connectivity index (χ4n) is 1.13. The molecule has 0 aromatic heterocycles. The Balaban J connectivity index is 2.26. The molecule has 7 heteroatoms. The molecule has 7 nitrogen and oxygen atoms in total. The van der Waals surface area contributed by atoms with Gasteiger partial charge in [-0.05, 0) is 12.8 Å². The van der Waals surface area contributed by atoms with E-state index in [1.807, 2.05) is 0 Å². The van der Waals surface area contributed by atoms with E-state index in [4.69, 9.17) is 5.11 Å². The van der Waals surface area contributed by atoms with Gasteiger partial charge in [0.05, 0.1) is 6.08 Å². The molecule has 0 saturated carbocycles. The predicted molar refractivity (Wildman–Crippen MR) is 51.4 cm³/mol. The highest BCUT2D eigenvalue weighted by atomic mass is 16.6. The average Bonchev–Trinajstić information content (AvgIpc) is 2.52. The lowest BCUT2D eigenvalue weighted by Crippen LogP contribution is -2.10. The first-order valence-corrected chi connectivity index (χ1v) is 4.89. The second kappa shape index (κ2) is 5.78. The monoisotopic (exact) mass is 242 g/mol. The van der Waals surface area contributed by atoms with Gasteiger partial charge >= 0.3 is 23.9 Å². The van der Waals surface area contributed by atoms with Crippen molar-refractivity contribution in [2.24, 2.45) is 0 Å². The van der Waals surface area contributed by atoms with Gasteiger partial charge in [0, 0.05) is 12.8 Å². The third-order valence-electron chi connectivity index (χ3n) is 1.89. The minimum Gasteiger partial charge on any atom is -0.481 e. The van der Waals surface area contributed by atoms with E-state index in [9.17, 15) is 19.2 Å². The minimum atomic E-state index is -0.992. The Bertz CT molecular complexity index is 393. The molecule has 0 saturated heterocycles. The average molecular weight is 242 g/mol. The van der Waals surface area contributed by atoms with Gasteiger partial charge in [-0.1, -0.05) is 0 Å². The second-order valence-corrected chi connectivity index (χ2v) is 3.29. The fraction of sp³-hybridized carbons (Fsp3) is 0.400. The molecule has 0 bridgehead atoms. The van der Waals surface area contributed by atoms with Gasteiger partial charge in [0.2, 0.25) is 5.76 Å². The molecule has 1 heterocycles. The lowest BCUT2D eigenvalue weighted by atomic mass is 10.2. The van der Waals surface area contributed by atoms with Crippen molar-refractivity contribution in [1.29, 1.82) is 0 Å². The summed E-state index contributed by atoms with van der Waals surface area (Å²) in [5.41, 5.74) is 0. The van der Waals surface area contributed by atoms with Crippen LogP contribution < -0.4 is 0 Å². The van der Waals surface area contributed by atoms with Crippen molar-refractivity contribution >= 4 is 23.9 Å². The maximum absolute atomic E-state index is 11.2. The molecule has 1 rings (SSSR count). The highest BCUT2D eigenvalue weighted by Gasteiger charge is 2.27. The van der Waals surface area contributed by atoms with Crippen LogP contribution in [0, 0.1) is 0 Å². The SMILES string of the molecule is O=C(O)CCCCC(=O)OC1=CC(=O)OC1=O. The molecule has 0 radical (unpaired) electrons. The first-order chi connectivity index (χ1) is 7.99. The summed E-state index contributed by atoms with van der Waals surface area (Å²) >= 11 is 0. The highest BCUT2D eigenvalue weighted by molar-refractivity contribution is 6.08. The molecule has 0 amide bonds. The minimum absolute atomic E-state index is 0.0217. The van der Waals surface area contributed by atoms with Gasteiger partial charge in [-0.15, -0.1) is 0 Å². The van der Waals surface area contributed by atoms with Crippen LogP contribution in [-0.4, -0.2) is 29.0 Å². The molecule has 92 valence electrons. The highest BCUT2D eigenvalue weighted by Crippen LogP contribution is 2.11. The zero-order valence-electron chi connectivity index (χ0n) is 8.80. The van der Waals surface area contributed by atoms with Crippen molar-refractivity contribution in [1.82, 2.24) is 0 Å². The van der Waals surface area contributed by atoms with Crippen LogP contribution in [0.25, 0.3) is 0 Å². The van der Waals surface area contributed by atoms with Crippen LogP contribution in [0.5, 0.6) is 0 Å². The largest absolute Gasteiger partial charge is 0.481 e. The van der Waals surface area contributed by atoms with Crippen molar-refractivity contribution in [2.45, 2.75) is 25.7 Å². The lowest BCUT2D eigenvalue weighted by molar-refractivity contribution is -0.155. The molecule has 0 aromatic carbocycles. The third-order valence-corrected chi connectivity index (χ3v) is 1.89. The molecule has 0 aliphatic carbocycles. The van der Waals surface area contributed by atoms with Crippen LogP contribution in [0.2, 0.25) is 0 Å². The summed E-state index contributed by atoms with van der Waals surface area (Å²) in [6, 6.07) is 0. The number of rotatable bonds is 6. The van der Waals surface area contributed by atoms with Crippen molar-refractivity contribution in [3.05, 3.63) is 11.8 Å².